The lowest BCUT2D eigenvalue weighted by Crippen LogP contribution is -2.33. The Labute approximate surface area is 208 Å². The van der Waals surface area contributed by atoms with E-state index in [4.69, 9.17) is 5.73 Å². The highest BCUT2D eigenvalue weighted by Crippen LogP contribution is 2.47. The summed E-state index contributed by atoms with van der Waals surface area (Å²) in [5, 5.41) is 0. The van der Waals surface area contributed by atoms with Crippen LogP contribution in [0.15, 0.2) is 91.0 Å². The second-order valence-corrected chi connectivity index (χ2v) is 11.1. The summed E-state index contributed by atoms with van der Waals surface area (Å²) in [7, 11) is 0. The van der Waals surface area contributed by atoms with E-state index in [1.54, 1.807) is 12.1 Å². The summed E-state index contributed by atoms with van der Waals surface area (Å²) < 4.78 is 0. The van der Waals surface area contributed by atoms with Crippen LogP contribution in [0, 0.1) is 0 Å². The average molecular weight is 460 g/mol. The minimum atomic E-state index is -0.406. The van der Waals surface area contributed by atoms with Crippen molar-refractivity contribution in [3.05, 3.63) is 108 Å². The number of hydrogen-bond donors (Lipinski definition) is 1. The van der Waals surface area contributed by atoms with Crippen molar-refractivity contribution in [1.29, 1.82) is 0 Å². The molecule has 0 unspecified atom stereocenters. The van der Waals surface area contributed by atoms with Gasteiger partial charge in [-0.25, -0.2) is 0 Å². The Hall–Kier alpha value is -3.65. The molecular weight excluding hydrogens is 426 g/mol. The first kappa shape index (κ1) is 23.1. The van der Waals surface area contributed by atoms with Crippen molar-refractivity contribution < 1.29 is 4.79 Å². The first-order valence-electron chi connectivity index (χ1n) is 12.4. The molecule has 0 spiro atoms. The molecule has 0 heterocycles. The number of nitrogens with two attached hydrogens (primary N) is 1. The molecule has 0 aromatic heterocycles. The van der Waals surface area contributed by atoms with Gasteiger partial charge < -0.3 is 5.73 Å². The molecule has 2 nitrogen and oxygen atoms in total. The van der Waals surface area contributed by atoms with Crippen LogP contribution in [-0.2, 0) is 10.8 Å². The van der Waals surface area contributed by atoms with Gasteiger partial charge in [0.2, 0.25) is 5.91 Å². The van der Waals surface area contributed by atoms with Gasteiger partial charge in [0, 0.05) is 5.56 Å². The number of carbonyl (C=O) groups excluding carboxylic acids is 1. The van der Waals surface area contributed by atoms with Crippen LogP contribution in [-0.4, -0.2) is 5.91 Å². The van der Waals surface area contributed by atoms with Gasteiger partial charge in [0.1, 0.15) is 0 Å². The minimum Gasteiger partial charge on any atom is -0.366 e. The van der Waals surface area contributed by atoms with Crippen molar-refractivity contribution in [1.82, 2.24) is 0 Å². The molecule has 5 rings (SSSR count). The SMILES string of the molecule is CC1(C)CCC(C)(C)c2cc(-c3cc(-c4ccc(C(N)=O)cc4)ccc3-c3ccccc3)ccc21. The number of rotatable bonds is 4. The lowest BCUT2D eigenvalue weighted by atomic mass is 9.63. The van der Waals surface area contributed by atoms with E-state index < -0.39 is 5.91 Å². The largest absolute Gasteiger partial charge is 0.366 e. The van der Waals surface area contributed by atoms with Gasteiger partial charge in [0.05, 0.1) is 0 Å². The van der Waals surface area contributed by atoms with E-state index in [0.717, 1.165) is 11.1 Å². The van der Waals surface area contributed by atoms with E-state index in [9.17, 15) is 4.79 Å². The maximum absolute atomic E-state index is 11.5. The Balaban J connectivity index is 1.69. The van der Waals surface area contributed by atoms with E-state index >= 15 is 0 Å². The molecule has 4 aromatic carbocycles. The van der Waals surface area contributed by atoms with Crippen LogP contribution in [0.4, 0.5) is 0 Å². The number of fused-ring (bicyclic) bond motifs is 1. The molecule has 1 aliphatic rings. The Bertz CT molecular complexity index is 1400. The molecule has 0 aliphatic heterocycles. The van der Waals surface area contributed by atoms with E-state index in [2.05, 4.69) is 94.4 Å². The number of benzene rings is 4. The third kappa shape index (κ3) is 4.30. The molecule has 0 saturated carbocycles. The van der Waals surface area contributed by atoms with Crippen LogP contribution in [0.5, 0.6) is 0 Å². The average Bonchev–Trinajstić information content (AvgIpc) is 2.87. The van der Waals surface area contributed by atoms with E-state index in [1.165, 1.54) is 46.2 Å². The zero-order valence-corrected chi connectivity index (χ0v) is 21.1. The Morgan fingerprint density at radius 2 is 1.20 bits per heavy atom. The van der Waals surface area contributed by atoms with Crippen molar-refractivity contribution in [2.45, 2.75) is 51.4 Å². The summed E-state index contributed by atoms with van der Waals surface area (Å²) in [5.41, 5.74) is 16.3. The van der Waals surface area contributed by atoms with Crippen molar-refractivity contribution in [3.8, 4) is 33.4 Å². The molecule has 2 N–H and O–H groups in total. The molecule has 4 aromatic rings. The second-order valence-electron chi connectivity index (χ2n) is 11.1. The normalized spacial score (nSPS) is 15.9. The first-order valence-corrected chi connectivity index (χ1v) is 12.4. The maximum Gasteiger partial charge on any atom is 0.248 e. The van der Waals surface area contributed by atoms with Crippen molar-refractivity contribution >= 4 is 5.91 Å². The summed E-state index contributed by atoms with van der Waals surface area (Å²) in [4.78, 5) is 11.5. The Kier molecular flexibility index (Phi) is 5.63. The van der Waals surface area contributed by atoms with E-state index in [-0.39, 0.29) is 10.8 Å². The highest BCUT2D eigenvalue weighted by Gasteiger charge is 2.37. The lowest BCUT2D eigenvalue weighted by molar-refractivity contribution is 0.100. The highest BCUT2D eigenvalue weighted by atomic mass is 16.1. The predicted molar refractivity (Wildman–Crippen MR) is 147 cm³/mol. The molecule has 1 amide bonds. The second kappa shape index (κ2) is 8.53. The van der Waals surface area contributed by atoms with Crippen LogP contribution in [0.2, 0.25) is 0 Å². The molecule has 0 saturated heterocycles. The van der Waals surface area contributed by atoms with Gasteiger partial charge in [0.15, 0.2) is 0 Å². The summed E-state index contributed by atoms with van der Waals surface area (Å²) in [6.45, 7) is 9.48. The van der Waals surface area contributed by atoms with Gasteiger partial charge in [-0.05, 0) is 86.4 Å². The van der Waals surface area contributed by atoms with Gasteiger partial charge in [-0.1, -0.05) is 100 Å². The van der Waals surface area contributed by atoms with E-state index in [1.807, 2.05) is 12.1 Å². The number of amides is 1. The number of hydrogen-bond acceptors (Lipinski definition) is 1. The third-order valence-electron chi connectivity index (χ3n) is 7.77. The van der Waals surface area contributed by atoms with Gasteiger partial charge >= 0.3 is 0 Å². The number of primary amides is 1. The molecule has 2 heteroatoms. The molecule has 0 atom stereocenters. The summed E-state index contributed by atoms with van der Waals surface area (Å²) >= 11 is 0. The lowest BCUT2D eigenvalue weighted by Gasteiger charge is -2.42. The predicted octanol–water partition coefficient (Wildman–Crippen LogP) is 8.14. The molecule has 0 fully saturated rings. The van der Waals surface area contributed by atoms with Crippen molar-refractivity contribution in [2.24, 2.45) is 5.73 Å². The zero-order valence-electron chi connectivity index (χ0n) is 21.1. The summed E-state index contributed by atoms with van der Waals surface area (Å²) in [5.74, 6) is -0.406. The topological polar surface area (TPSA) is 43.1 Å². The van der Waals surface area contributed by atoms with Gasteiger partial charge in [-0.3, -0.25) is 4.79 Å². The molecule has 0 radical (unpaired) electrons. The van der Waals surface area contributed by atoms with Gasteiger partial charge in [0.25, 0.3) is 0 Å². The van der Waals surface area contributed by atoms with Crippen LogP contribution in [0.1, 0.15) is 62.0 Å². The van der Waals surface area contributed by atoms with Crippen LogP contribution >= 0.6 is 0 Å². The van der Waals surface area contributed by atoms with Gasteiger partial charge in [-0.15, -0.1) is 0 Å². The van der Waals surface area contributed by atoms with Crippen LogP contribution in [0.25, 0.3) is 33.4 Å². The molecule has 1 aliphatic carbocycles. The third-order valence-corrected chi connectivity index (χ3v) is 7.77. The van der Waals surface area contributed by atoms with Crippen LogP contribution in [0.3, 0.4) is 0 Å². The minimum absolute atomic E-state index is 0.149. The first-order chi connectivity index (χ1) is 16.7. The standard InChI is InChI=1S/C33H33NO/c1-32(2)18-19-33(3,4)30-21-26(15-17-29(30)32)28-20-25(22-10-12-24(13-11-22)31(34)35)14-16-27(28)23-8-6-5-7-9-23/h5-17,20-21H,18-19H2,1-4H3,(H2,34,35). The highest BCUT2D eigenvalue weighted by molar-refractivity contribution is 5.93. The summed E-state index contributed by atoms with van der Waals surface area (Å²) in [6, 6.07) is 31.9. The maximum atomic E-state index is 11.5. The Morgan fingerprint density at radius 3 is 1.86 bits per heavy atom. The molecule has 35 heavy (non-hydrogen) atoms. The van der Waals surface area contributed by atoms with Crippen molar-refractivity contribution in [3.63, 3.8) is 0 Å². The fourth-order valence-corrected chi connectivity index (χ4v) is 5.42. The fourth-order valence-electron chi connectivity index (χ4n) is 5.42. The molecule has 176 valence electrons. The quantitative estimate of drug-likeness (QED) is 0.329. The Morgan fingerprint density at radius 1 is 0.600 bits per heavy atom. The van der Waals surface area contributed by atoms with E-state index in [0.29, 0.717) is 5.56 Å². The molecule has 0 bridgehead atoms. The summed E-state index contributed by atoms with van der Waals surface area (Å²) in [6.07, 6.45) is 2.40. The smallest absolute Gasteiger partial charge is 0.248 e. The fraction of sp³-hybridized carbons (Fsp3) is 0.242. The number of carbonyl (C=O) groups is 1. The van der Waals surface area contributed by atoms with Gasteiger partial charge in [-0.2, -0.15) is 0 Å². The molecular formula is C33H33NO. The van der Waals surface area contributed by atoms with Crippen LogP contribution < -0.4 is 5.73 Å². The zero-order chi connectivity index (χ0) is 24.8. The van der Waals surface area contributed by atoms with Crippen molar-refractivity contribution in [2.75, 3.05) is 0 Å². The monoisotopic (exact) mass is 459 g/mol.